The van der Waals surface area contributed by atoms with Crippen molar-refractivity contribution in [2.45, 2.75) is 13.1 Å². The minimum absolute atomic E-state index is 0.724. The first kappa shape index (κ1) is 18.2. The third-order valence-electron chi connectivity index (χ3n) is 6.17. The van der Waals surface area contributed by atoms with Gasteiger partial charge in [-0.05, 0) is 41.0 Å². The highest BCUT2D eigenvalue weighted by Crippen LogP contribution is 2.33. The van der Waals surface area contributed by atoms with Crippen LogP contribution in [0.5, 0.6) is 0 Å². The Morgan fingerprint density at radius 3 is 2.70 bits per heavy atom. The Bertz CT molecular complexity index is 1660. The molecular formula is C26H19N7. The van der Waals surface area contributed by atoms with Crippen LogP contribution >= 0.6 is 0 Å². The first-order chi connectivity index (χ1) is 16.3. The van der Waals surface area contributed by atoms with Gasteiger partial charge in [0, 0.05) is 42.0 Å². The summed E-state index contributed by atoms with van der Waals surface area (Å²) in [6, 6.07) is 19.0. The van der Waals surface area contributed by atoms with Gasteiger partial charge in [-0.25, -0.2) is 4.98 Å². The van der Waals surface area contributed by atoms with Crippen LogP contribution in [-0.2, 0) is 13.1 Å². The lowest BCUT2D eigenvalue weighted by molar-refractivity contribution is 0.692. The van der Waals surface area contributed by atoms with Crippen molar-refractivity contribution in [2.75, 3.05) is 0 Å². The van der Waals surface area contributed by atoms with Crippen molar-refractivity contribution in [1.82, 2.24) is 35.5 Å². The Labute approximate surface area is 189 Å². The lowest BCUT2D eigenvalue weighted by Gasteiger charge is -2.09. The maximum Gasteiger partial charge on any atom is 0.159 e. The summed E-state index contributed by atoms with van der Waals surface area (Å²) in [5, 5.41) is 12.2. The average Bonchev–Trinajstić information content (AvgIpc) is 3.47. The zero-order valence-electron chi connectivity index (χ0n) is 17.6. The first-order valence-corrected chi connectivity index (χ1v) is 10.9. The summed E-state index contributed by atoms with van der Waals surface area (Å²) in [6.45, 7) is 1.49. The molecule has 0 amide bonds. The zero-order valence-corrected chi connectivity index (χ0v) is 17.6. The summed E-state index contributed by atoms with van der Waals surface area (Å²) in [5.41, 5.74) is 9.96. The quantitative estimate of drug-likeness (QED) is 0.321. The molecule has 33 heavy (non-hydrogen) atoms. The van der Waals surface area contributed by atoms with Crippen molar-refractivity contribution < 1.29 is 0 Å². The number of hydrogen-bond donors (Lipinski definition) is 3. The van der Waals surface area contributed by atoms with Crippen LogP contribution in [0.15, 0.2) is 73.2 Å². The molecule has 0 unspecified atom stereocenters. The fourth-order valence-corrected chi connectivity index (χ4v) is 4.56. The van der Waals surface area contributed by atoms with Gasteiger partial charge in [-0.3, -0.25) is 15.1 Å². The van der Waals surface area contributed by atoms with Gasteiger partial charge in [0.1, 0.15) is 5.69 Å². The number of H-pyrrole nitrogens is 2. The Morgan fingerprint density at radius 1 is 0.788 bits per heavy atom. The molecule has 6 aromatic rings. The van der Waals surface area contributed by atoms with E-state index in [9.17, 15) is 0 Å². The number of para-hydroxylation sites is 1. The number of aromatic amines is 2. The molecule has 0 saturated heterocycles. The van der Waals surface area contributed by atoms with Gasteiger partial charge >= 0.3 is 0 Å². The van der Waals surface area contributed by atoms with Gasteiger partial charge in [0.05, 0.1) is 28.4 Å². The molecule has 1 aliphatic rings. The molecule has 2 aromatic carbocycles. The second kappa shape index (κ2) is 7.08. The molecule has 1 aliphatic heterocycles. The highest BCUT2D eigenvalue weighted by Gasteiger charge is 2.16. The molecule has 0 atom stereocenters. The number of nitrogens with one attached hydrogen (secondary N) is 3. The lowest BCUT2D eigenvalue weighted by Crippen LogP contribution is -2.13. The molecule has 7 rings (SSSR count). The average molecular weight is 429 g/mol. The van der Waals surface area contributed by atoms with Crippen LogP contribution in [-0.4, -0.2) is 30.1 Å². The topological polar surface area (TPSA) is 95.2 Å². The number of nitrogens with zero attached hydrogens (tertiary/aromatic N) is 4. The normalized spacial score (nSPS) is 13.1. The van der Waals surface area contributed by atoms with Crippen LogP contribution < -0.4 is 5.32 Å². The van der Waals surface area contributed by atoms with Gasteiger partial charge in [-0.2, -0.15) is 5.10 Å². The first-order valence-electron chi connectivity index (χ1n) is 10.9. The standard InChI is InChI=1S/C26H19N7/c1-3-15-7-17(4-1)19-5-2-6-21-24(19)31-26(30-21)25-20-9-22(29-14-23(20)32-33-25)18-8-16(11-27-10-15)12-28-13-18/h1-9,12-14,27H,10-11H2,(H,30,31)(H,32,33). The molecule has 0 saturated carbocycles. The van der Waals surface area contributed by atoms with Crippen molar-refractivity contribution in [2.24, 2.45) is 0 Å². The van der Waals surface area contributed by atoms with Crippen LogP contribution in [0.1, 0.15) is 11.1 Å². The Balaban J connectivity index is 1.51. The maximum absolute atomic E-state index is 4.98. The van der Waals surface area contributed by atoms with E-state index in [2.05, 4.69) is 85.1 Å². The number of hydrogen-bond acceptors (Lipinski definition) is 5. The predicted octanol–water partition coefficient (Wildman–Crippen LogP) is 4.83. The summed E-state index contributed by atoms with van der Waals surface area (Å²) >= 11 is 0. The molecule has 7 heteroatoms. The molecule has 0 fully saturated rings. The molecule has 0 aliphatic carbocycles. The smallest absolute Gasteiger partial charge is 0.159 e. The van der Waals surface area contributed by atoms with E-state index in [0.29, 0.717) is 0 Å². The largest absolute Gasteiger partial charge is 0.337 e. The molecule has 4 aromatic heterocycles. The van der Waals surface area contributed by atoms with Gasteiger partial charge in [-0.1, -0.05) is 30.3 Å². The fourth-order valence-electron chi connectivity index (χ4n) is 4.56. The Hall–Kier alpha value is -4.36. The van der Waals surface area contributed by atoms with Gasteiger partial charge in [0.25, 0.3) is 0 Å². The van der Waals surface area contributed by atoms with E-state index in [-0.39, 0.29) is 0 Å². The monoisotopic (exact) mass is 429 g/mol. The van der Waals surface area contributed by atoms with Gasteiger partial charge in [-0.15, -0.1) is 0 Å². The lowest BCUT2D eigenvalue weighted by atomic mass is 10.0. The van der Waals surface area contributed by atoms with E-state index < -0.39 is 0 Å². The van der Waals surface area contributed by atoms with E-state index >= 15 is 0 Å². The minimum Gasteiger partial charge on any atom is -0.337 e. The third kappa shape index (κ3) is 3.01. The van der Waals surface area contributed by atoms with Crippen LogP contribution in [0.25, 0.3) is 55.8 Å². The molecule has 7 nitrogen and oxygen atoms in total. The SMILES string of the molecule is c1cc2cc(c1)-c1cccc3[nH]c(nc13)-c1n[nH]c3cnc(cc13)-c1cncc(c1)CNC2. The highest BCUT2D eigenvalue weighted by atomic mass is 15.1. The number of rotatable bonds is 0. The molecule has 0 spiro atoms. The number of fused-ring (bicyclic) bond motifs is 9. The molecule has 158 valence electrons. The fraction of sp³-hybridized carbons (Fsp3) is 0.0769. The molecule has 3 N–H and O–H groups in total. The summed E-state index contributed by atoms with van der Waals surface area (Å²) in [5.74, 6) is 0.731. The highest BCUT2D eigenvalue weighted by molar-refractivity contribution is 5.97. The number of imidazole rings is 1. The minimum atomic E-state index is 0.724. The second-order valence-corrected chi connectivity index (χ2v) is 8.36. The van der Waals surface area contributed by atoms with Crippen LogP contribution in [0.2, 0.25) is 0 Å². The van der Waals surface area contributed by atoms with E-state index in [1.165, 1.54) is 5.56 Å². The third-order valence-corrected chi connectivity index (χ3v) is 6.17. The molecule has 8 bridgehead atoms. The van der Waals surface area contributed by atoms with Crippen LogP contribution in [0.4, 0.5) is 0 Å². The van der Waals surface area contributed by atoms with E-state index in [0.717, 1.165) is 74.5 Å². The summed E-state index contributed by atoms with van der Waals surface area (Å²) in [7, 11) is 0. The second-order valence-electron chi connectivity index (χ2n) is 8.36. The maximum atomic E-state index is 4.98. The van der Waals surface area contributed by atoms with Crippen molar-refractivity contribution in [3.05, 3.63) is 84.3 Å². The number of aromatic nitrogens is 6. The molecule has 5 heterocycles. The number of benzene rings is 2. The predicted molar refractivity (Wildman–Crippen MR) is 128 cm³/mol. The molecule has 0 radical (unpaired) electrons. The van der Waals surface area contributed by atoms with Gasteiger partial charge < -0.3 is 10.3 Å². The summed E-state index contributed by atoms with van der Waals surface area (Å²) in [6.07, 6.45) is 5.57. The van der Waals surface area contributed by atoms with Crippen molar-refractivity contribution >= 4 is 21.9 Å². The Kier molecular flexibility index (Phi) is 3.91. The van der Waals surface area contributed by atoms with Crippen LogP contribution in [0, 0.1) is 0 Å². The van der Waals surface area contributed by atoms with Crippen molar-refractivity contribution in [1.29, 1.82) is 0 Å². The summed E-state index contributed by atoms with van der Waals surface area (Å²) in [4.78, 5) is 17.5. The number of pyridine rings is 2. The van der Waals surface area contributed by atoms with E-state index in [1.54, 1.807) is 0 Å². The van der Waals surface area contributed by atoms with Gasteiger partial charge in [0.15, 0.2) is 5.82 Å². The molecular weight excluding hydrogens is 410 g/mol. The van der Waals surface area contributed by atoms with Crippen molar-refractivity contribution in [3.8, 4) is 33.9 Å². The summed E-state index contributed by atoms with van der Waals surface area (Å²) < 4.78 is 0. The zero-order chi connectivity index (χ0) is 21.8. The van der Waals surface area contributed by atoms with E-state index in [4.69, 9.17) is 4.98 Å². The Morgan fingerprint density at radius 2 is 1.70 bits per heavy atom. The van der Waals surface area contributed by atoms with Gasteiger partial charge in [0.2, 0.25) is 0 Å². The van der Waals surface area contributed by atoms with E-state index in [1.807, 2.05) is 18.6 Å². The van der Waals surface area contributed by atoms with Crippen LogP contribution in [0.3, 0.4) is 0 Å². The van der Waals surface area contributed by atoms with Crippen molar-refractivity contribution in [3.63, 3.8) is 0 Å².